The van der Waals surface area contributed by atoms with Gasteiger partial charge in [-0.2, -0.15) is 10.2 Å². The molecule has 2 fully saturated rings. The number of benzene rings is 1. The molecule has 2 atom stereocenters. The summed E-state index contributed by atoms with van der Waals surface area (Å²) in [7, 11) is 0. The third-order valence-corrected chi connectivity index (χ3v) is 6.74. The van der Waals surface area contributed by atoms with Crippen molar-refractivity contribution in [3.63, 3.8) is 0 Å². The molecule has 1 aromatic carbocycles. The average molecular weight is 447 g/mol. The Labute approximate surface area is 190 Å². The van der Waals surface area contributed by atoms with Crippen molar-refractivity contribution in [1.29, 1.82) is 0 Å². The van der Waals surface area contributed by atoms with Crippen LogP contribution in [0.3, 0.4) is 0 Å². The molecule has 9 heteroatoms. The molecule has 6 rings (SSSR count). The maximum atomic E-state index is 13.3. The van der Waals surface area contributed by atoms with Crippen LogP contribution in [0.4, 0.5) is 5.69 Å². The Bertz CT molecular complexity index is 1380. The third-order valence-electron chi connectivity index (χ3n) is 6.74. The fourth-order valence-electron chi connectivity index (χ4n) is 5.12. The molecule has 1 amide bonds. The Morgan fingerprint density at radius 3 is 2.91 bits per heavy atom. The number of rotatable bonds is 5. The van der Waals surface area contributed by atoms with E-state index < -0.39 is 0 Å². The summed E-state index contributed by atoms with van der Waals surface area (Å²) in [5.74, 6) is 0.220. The van der Waals surface area contributed by atoms with Crippen LogP contribution in [0.5, 0.6) is 5.75 Å². The van der Waals surface area contributed by atoms with Gasteiger partial charge in [-0.1, -0.05) is 0 Å². The van der Waals surface area contributed by atoms with Gasteiger partial charge in [0.1, 0.15) is 11.4 Å². The van der Waals surface area contributed by atoms with Crippen LogP contribution in [-0.4, -0.2) is 48.6 Å². The summed E-state index contributed by atoms with van der Waals surface area (Å²) in [4.78, 5) is 17.6. The number of ether oxygens (including phenoxy) is 2. The lowest BCUT2D eigenvalue weighted by Gasteiger charge is -2.26. The first-order chi connectivity index (χ1) is 15.8. The Hall–Kier alpha value is -3.46. The number of fused-ring (bicyclic) bond motifs is 4. The molecule has 33 heavy (non-hydrogen) atoms. The summed E-state index contributed by atoms with van der Waals surface area (Å²) in [6.07, 6.45) is 10.0. The van der Waals surface area contributed by atoms with Crippen LogP contribution in [0.1, 0.15) is 50.4 Å². The first kappa shape index (κ1) is 20.2. The highest BCUT2D eigenvalue weighted by Crippen LogP contribution is 2.51. The Morgan fingerprint density at radius 1 is 1.30 bits per heavy atom. The number of carbonyl (C=O) groups is 1. The largest absolute Gasteiger partial charge is 0.490 e. The molecule has 2 bridgehead atoms. The van der Waals surface area contributed by atoms with Gasteiger partial charge in [-0.15, -0.1) is 0 Å². The van der Waals surface area contributed by atoms with Gasteiger partial charge in [0.2, 0.25) is 0 Å². The van der Waals surface area contributed by atoms with Crippen molar-refractivity contribution >= 4 is 28.1 Å². The molecule has 4 heterocycles. The summed E-state index contributed by atoms with van der Waals surface area (Å²) in [6.45, 7) is 6.72. The molecule has 1 saturated heterocycles. The molecule has 0 unspecified atom stereocenters. The van der Waals surface area contributed by atoms with E-state index in [-0.39, 0.29) is 23.2 Å². The number of nitrogens with zero attached hydrogens (tertiary/aromatic N) is 5. The topological polar surface area (TPSA) is 95.6 Å². The van der Waals surface area contributed by atoms with Crippen LogP contribution in [-0.2, 0) is 10.3 Å². The number of hydrogen-bond donors (Lipinski definition) is 1. The van der Waals surface area contributed by atoms with Gasteiger partial charge < -0.3 is 14.8 Å². The molecule has 1 saturated carbocycles. The van der Waals surface area contributed by atoms with Gasteiger partial charge in [0.25, 0.3) is 5.91 Å². The molecule has 9 nitrogen and oxygen atoms in total. The molecule has 4 aromatic rings. The molecule has 2 aliphatic rings. The zero-order valence-electron chi connectivity index (χ0n) is 18.9. The number of amides is 1. The molecule has 170 valence electrons. The lowest BCUT2D eigenvalue weighted by molar-refractivity contribution is -0.0149. The smallest absolute Gasteiger partial charge is 0.259 e. The summed E-state index contributed by atoms with van der Waals surface area (Å²) < 4.78 is 15.7. The van der Waals surface area contributed by atoms with Crippen LogP contribution >= 0.6 is 0 Å². The van der Waals surface area contributed by atoms with Crippen LogP contribution < -0.4 is 10.1 Å². The van der Waals surface area contributed by atoms with Gasteiger partial charge in [-0.3, -0.25) is 9.48 Å². The molecule has 0 spiro atoms. The molecule has 3 aromatic heterocycles. The van der Waals surface area contributed by atoms with E-state index >= 15 is 0 Å². The molecular formula is C24H26N6O3. The fraction of sp³-hybridized carbons (Fsp3) is 0.417. The van der Waals surface area contributed by atoms with E-state index in [0.29, 0.717) is 29.3 Å². The summed E-state index contributed by atoms with van der Waals surface area (Å²) >= 11 is 0. The first-order valence-electron chi connectivity index (χ1n) is 11.3. The van der Waals surface area contributed by atoms with E-state index in [1.165, 1.54) is 0 Å². The number of nitrogens with one attached hydrogen (secondary N) is 1. The van der Waals surface area contributed by atoms with Crippen molar-refractivity contribution in [2.75, 3.05) is 11.9 Å². The lowest BCUT2D eigenvalue weighted by atomic mass is 9.99. The number of aromatic nitrogens is 5. The van der Waals surface area contributed by atoms with E-state index in [0.717, 1.165) is 30.2 Å². The Morgan fingerprint density at radius 2 is 2.18 bits per heavy atom. The zero-order chi connectivity index (χ0) is 22.8. The quantitative estimate of drug-likeness (QED) is 0.501. The fourth-order valence-corrected chi connectivity index (χ4v) is 5.12. The van der Waals surface area contributed by atoms with Gasteiger partial charge in [0.05, 0.1) is 41.1 Å². The van der Waals surface area contributed by atoms with Crippen molar-refractivity contribution in [2.45, 2.75) is 57.3 Å². The molecule has 0 radical (unpaired) electrons. The highest BCUT2D eigenvalue weighted by molar-refractivity contribution is 6.09. The summed E-state index contributed by atoms with van der Waals surface area (Å²) in [6, 6.07) is 5.49. The Kier molecular flexibility index (Phi) is 4.29. The predicted molar refractivity (Wildman–Crippen MR) is 123 cm³/mol. The van der Waals surface area contributed by atoms with Gasteiger partial charge in [0, 0.05) is 36.5 Å². The Balaban J connectivity index is 1.39. The van der Waals surface area contributed by atoms with Crippen molar-refractivity contribution in [3.05, 3.63) is 48.5 Å². The van der Waals surface area contributed by atoms with Crippen molar-refractivity contribution in [3.8, 4) is 5.75 Å². The molecule has 1 aliphatic carbocycles. The van der Waals surface area contributed by atoms with Crippen molar-refractivity contribution < 1.29 is 14.3 Å². The monoisotopic (exact) mass is 446 g/mol. The highest BCUT2D eigenvalue weighted by atomic mass is 16.5. The summed E-state index contributed by atoms with van der Waals surface area (Å²) in [5, 5.41) is 13.0. The molecule has 1 N–H and O–H groups in total. The minimum atomic E-state index is -0.281. The van der Waals surface area contributed by atoms with E-state index in [1.54, 1.807) is 29.2 Å². The normalized spacial score (nSPS) is 24.2. The number of hydrogen-bond acceptors (Lipinski definition) is 6. The molecular weight excluding hydrogens is 420 g/mol. The minimum absolute atomic E-state index is 0.0580. The third kappa shape index (κ3) is 3.26. The van der Waals surface area contributed by atoms with E-state index in [4.69, 9.17) is 14.6 Å². The summed E-state index contributed by atoms with van der Waals surface area (Å²) in [5.41, 5.74) is 2.20. The van der Waals surface area contributed by atoms with Gasteiger partial charge >= 0.3 is 0 Å². The number of anilines is 1. The van der Waals surface area contributed by atoms with Crippen LogP contribution in [0, 0.1) is 0 Å². The van der Waals surface area contributed by atoms with E-state index in [1.807, 2.05) is 36.9 Å². The van der Waals surface area contributed by atoms with E-state index in [9.17, 15) is 4.79 Å². The van der Waals surface area contributed by atoms with Crippen molar-refractivity contribution in [1.82, 2.24) is 24.4 Å². The number of carbonyl (C=O) groups excluding carboxylic acids is 1. The average Bonchev–Trinajstić information content (AvgIpc) is 3.54. The SMILES string of the molecule is CC(C)Oc1cc2nn([C@@]34CC[C@@](C)(C3)OC4)cc2cc1C(=O)Nc1cnn2cccnc12. The second-order valence-corrected chi connectivity index (χ2v) is 9.69. The van der Waals surface area contributed by atoms with Gasteiger partial charge in [0.15, 0.2) is 5.65 Å². The first-order valence-corrected chi connectivity index (χ1v) is 11.3. The predicted octanol–water partition coefficient (Wildman–Crippen LogP) is 3.79. The maximum absolute atomic E-state index is 13.3. The maximum Gasteiger partial charge on any atom is 0.259 e. The van der Waals surface area contributed by atoms with Gasteiger partial charge in [-0.25, -0.2) is 9.50 Å². The lowest BCUT2D eigenvalue weighted by Crippen LogP contribution is -2.33. The minimum Gasteiger partial charge on any atom is -0.490 e. The van der Waals surface area contributed by atoms with E-state index in [2.05, 4.69) is 22.3 Å². The van der Waals surface area contributed by atoms with Gasteiger partial charge in [-0.05, 0) is 45.7 Å². The van der Waals surface area contributed by atoms with Crippen LogP contribution in [0.2, 0.25) is 0 Å². The second-order valence-electron chi connectivity index (χ2n) is 9.69. The second kappa shape index (κ2) is 7.02. The van der Waals surface area contributed by atoms with Crippen LogP contribution in [0.25, 0.3) is 16.6 Å². The molecule has 1 aliphatic heterocycles. The zero-order valence-corrected chi connectivity index (χ0v) is 18.9. The van der Waals surface area contributed by atoms with Crippen molar-refractivity contribution in [2.24, 2.45) is 0 Å². The standard InChI is InChI=1S/C24H26N6O3/c1-15(2)33-20-10-18-16(12-30(28-18)24-6-5-23(3,13-24)32-14-24)9-17(20)22(31)27-19-11-26-29-8-4-7-25-21(19)29/h4,7-12,15H,5-6,13-14H2,1-3H3,(H,27,31)/t23-,24-/m0/s1. The highest BCUT2D eigenvalue weighted by Gasteiger charge is 2.54. The van der Waals surface area contributed by atoms with Crippen LogP contribution in [0.15, 0.2) is 43.0 Å².